The number of nitrogens with one attached hydrogen (secondary N) is 2. The SMILES string of the molecule is O=C(O)CCCc1ccc(-c2ccc3c4nc5nc(nc6[nH]c(nc7nc(nc([nH]4)c3c2)-c2ccccc2-7)c2ccccc62)-c2ccccc2-5)cc1. The van der Waals surface area contributed by atoms with Crippen LogP contribution in [0.2, 0.25) is 0 Å². The first kappa shape index (κ1) is 29.8. The summed E-state index contributed by atoms with van der Waals surface area (Å²) in [4.78, 5) is 48.4. The van der Waals surface area contributed by atoms with Crippen LogP contribution in [0.25, 0.3) is 101 Å². The molecule has 5 heterocycles. The van der Waals surface area contributed by atoms with E-state index >= 15 is 0 Å². The molecule has 0 aliphatic carbocycles. The van der Waals surface area contributed by atoms with Crippen molar-refractivity contribution in [1.82, 2.24) is 39.9 Å². The Balaban J connectivity index is 1.25. The fourth-order valence-electron chi connectivity index (χ4n) is 7.13. The minimum absolute atomic E-state index is 0.157. The predicted molar refractivity (Wildman–Crippen MR) is 202 cm³/mol. The van der Waals surface area contributed by atoms with E-state index in [9.17, 15) is 4.79 Å². The third kappa shape index (κ3) is 4.99. The number of aryl methyl sites for hydroxylation is 1. The number of benzene rings is 5. The van der Waals surface area contributed by atoms with Gasteiger partial charge in [-0.05, 0) is 41.7 Å². The maximum Gasteiger partial charge on any atom is 0.303 e. The van der Waals surface area contributed by atoms with E-state index in [4.69, 9.17) is 35.0 Å². The Labute approximate surface area is 296 Å². The smallest absolute Gasteiger partial charge is 0.303 e. The number of rotatable bonds is 5. The Morgan fingerprint density at radius 2 is 0.904 bits per heavy atom. The number of aromatic amines is 2. The van der Waals surface area contributed by atoms with E-state index in [1.54, 1.807) is 0 Å². The number of carboxylic acid groups (broad SMARTS) is 1. The zero-order chi connectivity index (χ0) is 34.8. The highest BCUT2D eigenvalue weighted by Crippen LogP contribution is 2.37. The molecule has 3 N–H and O–H groups in total. The molecule has 0 radical (unpaired) electrons. The lowest BCUT2D eigenvalue weighted by molar-refractivity contribution is -0.137. The van der Waals surface area contributed by atoms with Crippen molar-refractivity contribution in [2.24, 2.45) is 0 Å². The van der Waals surface area contributed by atoms with Crippen molar-refractivity contribution in [3.8, 4) is 56.7 Å². The van der Waals surface area contributed by atoms with Crippen LogP contribution in [0, 0.1) is 0 Å². The Morgan fingerprint density at radius 3 is 1.38 bits per heavy atom. The van der Waals surface area contributed by atoms with E-state index in [2.05, 4.69) is 52.4 Å². The standard InChI is InChI=1S/C42H28N8O2/c51-34(52)15-7-8-23-16-18-24(19-17-23)25-20-21-32-33(22-25)42-49-40-31-14-6-5-13-30(31)38(47-40)45-36-27-10-2-1-9-26(27)35(43-36)44-37-28-11-3-4-12-29(28)39(46-37)48-41(32)50-42/h1-6,9-14,16-22H,7-8,15H2,(H,51,52)(H2,43,44,45,46,47,48,49,50). The van der Waals surface area contributed by atoms with Crippen LogP contribution in [-0.2, 0) is 11.2 Å². The van der Waals surface area contributed by atoms with Crippen molar-refractivity contribution >= 4 is 50.1 Å². The van der Waals surface area contributed by atoms with Crippen molar-refractivity contribution in [2.45, 2.75) is 19.3 Å². The van der Waals surface area contributed by atoms with E-state index in [-0.39, 0.29) is 6.42 Å². The quantitative estimate of drug-likeness (QED) is 0.164. The monoisotopic (exact) mass is 676 g/mol. The zero-order valence-corrected chi connectivity index (χ0v) is 27.6. The number of H-pyrrole nitrogens is 2. The van der Waals surface area contributed by atoms with Crippen LogP contribution in [0.5, 0.6) is 0 Å². The summed E-state index contributed by atoms with van der Waals surface area (Å²) in [6, 6.07) is 38.6. The molecule has 8 bridgehead atoms. The number of hydrogen-bond acceptors (Lipinski definition) is 7. The summed E-state index contributed by atoms with van der Waals surface area (Å²) in [5.74, 6) is 1.45. The third-order valence-corrected chi connectivity index (χ3v) is 9.70. The van der Waals surface area contributed by atoms with Gasteiger partial charge in [-0.2, -0.15) is 0 Å². The lowest BCUT2D eigenvalue weighted by atomic mass is 10.00. The highest BCUT2D eigenvalue weighted by atomic mass is 16.4. The first-order valence-corrected chi connectivity index (χ1v) is 17.1. The van der Waals surface area contributed by atoms with Crippen LogP contribution in [-0.4, -0.2) is 50.9 Å². The van der Waals surface area contributed by atoms with Crippen molar-refractivity contribution in [2.75, 3.05) is 0 Å². The number of carboxylic acids is 1. The predicted octanol–water partition coefficient (Wildman–Crippen LogP) is 8.94. The summed E-state index contributed by atoms with van der Waals surface area (Å²) in [6.07, 6.45) is 1.48. The number of aliphatic carboxylic acids is 1. The molecular weight excluding hydrogens is 649 g/mol. The van der Waals surface area contributed by atoms with Gasteiger partial charge in [-0.25, -0.2) is 29.9 Å². The topological polar surface area (TPSA) is 146 Å². The van der Waals surface area contributed by atoms with Crippen molar-refractivity contribution in [1.29, 1.82) is 0 Å². The normalized spacial score (nSPS) is 11.8. The summed E-state index contributed by atoms with van der Waals surface area (Å²) in [7, 11) is 0. The molecule has 2 aliphatic heterocycles. The molecule has 10 rings (SSSR count). The van der Waals surface area contributed by atoms with Crippen LogP contribution < -0.4 is 0 Å². The second kappa shape index (κ2) is 11.8. The number of hydrogen-bond donors (Lipinski definition) is 3. The van der Waals surface area contributed by atoms with Gasteiger partial charge in [-0.1, -0.05) is 103 Å². The molecule has 10 heteroatoms. The summed E-state index contributed by atoms with van der Waals surface area (Å²) < 4.78 is 0. The third-order valence-electron chi connectivity index (χ3n) is 9.70. The van der Waals surface area contributed by atoms with E-state index in [1.165, 1.54) is 0 Å². The number of nitrogens with zero attached hydrogens (tertiary/aromatic N) is 6. The maximum atomic E-state index is 11.0. The maximum absolute atomic E-state index is 11.0. The van der Waals surface area contributed by atoms with Gasteiger partial charge in [0.05, 0.1) is 0 Å². The first-order valence-electron chi connectivity index (χ1n) is 17.1. The van der Waals surface area contributed by atoms with Crippen LogP contribution in [0.15, 0.2) is 115 Å². The molecule has 52 heavy (non-hydrogen) atoms. The van der Waals surface area contributed by atoms with Gasteiger partial charge in [-0.3, -0.25) is 4.79 Å². The molecule has 0 unspecified atom stereocenters. The Morgan fingerprint density at radius 1 is 0.481 bits per heavy atom. The molecule has 10 nitrogen and oxygen atoms in total. The second-order valence-electron chi connectivity index (χ2n) is 13.0. The molecule has 0 spiro atoms. The minimum Gasteiger partial charge on any atom is -0.481 e. The molecule has 0 saturated carbocycles. The Bertz CT molecular complexity index is 2920. The van der Waals surface area contributed by atoms with Crippen LogP contribution in [0.3, 0.4) is 0 Å². The van der Waals surface area contributed by atoms with E-state index in [0.717, 1.165) is 60.5 Å². The minimum atomic E-state index is -0.775. The molecular formula is C42H28N8O2. The van der Waals surface area contributed by atoms with E-state index < -0.39 is 5.97 Å². The van der Waals surface area contributed by atoms with Crippen LogP contribution in [0.4, 0.5) is 0 Å². The van der Waals surface area contributed by atoms with E-state index in [1.807, 2.05) is 72.8 Å². The van der Waals surface area contributed by atoms with Gasteiger partial charge in [0.25, 0.3) is 0 Å². The average Bonchev–Trinajstić information content (AvgIpc) is 3.90. The molecule has 0 saturated heterocycles. The molecule has 2 aliphatic rings. The highest BCUT2D eigenvalue weighted by molar-refractivity contribution is 6.07. The van der Waals surface area contributed by atoms with Gasteiger partial charge < -0.3 is 15.1 Å². The van der Waals surface area contributed by atoms with Crippen LogP contribution >= 0.6 is 0 Å². The molecule has 0 atom stereocenters. The lowest BCUT2D eigenvalue weighted by Crippen LogP contribution is -1.95. The van der Waals surface area contributed by atoms with E-state index in [0.29, 0.717) is 58.7 Å². The number of fused-ring (bicyclic) bond motifs is 20. The zero-order valence-electron chi connectivity index (χ0n) is 27.6. The molecule has 248 valence electrons. The molecule has 0 amide bonds. The second-order valence-corrected chi connectivity index (χ2v) is 13.0. The average molecular weight is 677 g/mol. The lowest BCUT2D eigenvalue weighted by Gasteiger charge is -2.05. The summed E-state index contributed by atoms with van der Waals surface area (Å²) >= 11 is 0. The molecule has 0 fully saturated rings. The largest absolute Gasteiger partial charge is 0.481 e. The fraction of sp³-hybridized carbons (Fsp3) is 0.0714. The van der Waals surface area contributed by atoms with Crippen molar-refractivity contribution in [3.05, 3.63) is 121 Å². The molecule has 3 aromatic heterocycles. The highest BCUT2D eigenvalue weighted by Gasteiger charge is 2.22. The summed E-state index contributed by atoms with van der Waals surface area (Å²) in [5, 5.41) is 12.7. The van der Waals surface area contributed by atoms with Gasteiger partial charge in [0, 0.05) is 50.2 Å². The van der Waals surface area contributed by atoms with Gasteiger partial charge in [0.15, 0.2) is 23.3 Å². The number of carbonyl (C=O) groups is 1. The van der Waals surface area contributed by atoms with Gasteiger partial charge in [-0.15, -0.1) is 0 Å². The van der Waals surface area contributed by atoms with Crippen molar-refractivity contribution in [3.63, 3.8) is 0 Å². The Kier molecular flexibility index (Phi) is 6.75. The van der Waals surface area contributed by atoms with Crippen molar-refractivity contribution < 1.29 is 9.90 Å². The Hall–Kier alpha value is -7.07. The summed E-state index contributed by atoms with van der Waals surface area (Å²) in [5.41, 5.74) is 9.28. The fourth-order valence-corrected chi connectivity index (χ4v) is 7.13. The van der Waals surface area contributed by atoms with Gasteiger partial charge in [0.2, 0.25) is 0 Å². The van der Waals surface area contributed by atoms with Gasteiger partial charge >= 0.3 is 5.97 Å². The molecule has 5 aromatic carbocycles. The number of aromatic nitrogens is 8. The summed E-state index contributed by atoms with van der Waals surface area (Å²) in [6.45, 7) is 0. The molecule has 8 aromatic rings. The van der Waals surface area contributed by atoms with Crippen LogP contribution in [0.1, 0.15) is 18.4 Å². The van der Waals surface area contributed by atoms with Gasteiger partial charge in [0.1, 0.15) is 22.6 Å². The first-order chi connectivity index (χ1) is 25.6.